The molecule has 1 aliphatic heterocycles. The van der Waals surface area contributed by atoms with Crippen LogP contribution in [0.3, 0.4) is 0 Å². The average molecular weight is 576 g/mol. The highest BCUT2D eigenvalue weighted by Gasteiger charge is 2.52. The van der Waals surface area contributed by atoms with Crippen LogP contribution in [-0.2, 0) is 42.9 Å². The Kier molecular flexibility index (Phi) is 10.8. The topological polar surface area (TPSA) is 145 Å². The Morgan fingerprint density at radius 2 is 1.32 bits per heavy atom. The third-order valence-electron chi connectivity index (χ3n) is 5.25. The minimum Gasteiger partial charge on any atom is -0.463 e. The van der Waals surface area contributed by atoms with Crippen molar-refractivity contribution < 1.29 is 52.3 Å². The number of carbonyl (C=O) groups excluding carboxylic acids is 4. The highest BCUT2D eigenvalue weighted by molar-refractivity contribution is 7.80. The fourth-order valence-corrected chi connectivity index (χ4v) is 4.04. The van der Waals surface area contributed by atoms with Crippen LogP contribution in [0.25, 0.3) is 0 Å². The van der Waals surface area contributed by atoms with Gasteiger partial charge in [0.15, 0.2) is 24.5 Å². The van der Waals surface area contributed by atoms with E-state index in [1.807, 2.05) is 18.2 Å². The van der Waals surface area contributed by atoms with Crippen molar-refractivity contribution in [1.29, 1.82) is 0 Å². The lowest BCUT2D eigenvalue weighted by atomic mass is 9.97. The number of benzene rings is 2. The number of hydrogen-bond acceptors (Lipinski definition) is 12. The predicted molar refractivity (Wildman–Crippen MR) is 141 cm³/mol. The van der Waals surface area contributed by atoms with Gasteiger partial charge in [0, 0.05) is 33.8 Å². The van der Waals surface area contributed by atoms with E-state index in [0.717, 1.165) is 20.8 Å². The number of carbonyl (C=O) groups is 4. The van der Waals surface area contributed by atoms with Gasteiger partial charge >= 0.3 is 23.9 Å². The van der Waals surface area contributed by atoms with Crippen LogP contribution < -0.4 is 14.8 Å². The molecule has 1 heterocycles. The summed E-state index contributed by atoms with van der Waals surface area (Å²) in [6.45, 7) is 4.22. The molecule has 2 aromatic carbocycles. The van der Waals surface area contributed by atoms with E-state index in [0.29, 0.717) is 17.2 Å². The third-order valence-corrected chi connectivity index (χ3v) is 5.45. The number of hydrogen-bond donors (Lipinski definition) is 1. The SMILES string of the molecule is CC(=O)OC[C@H]1O[C@@H](NC(=S)Oc2cccc(Oc3ccccc3)c2)[C@@H](OC(C)=O)[C@@H](OC(C)=O)[C@@H]1OC(C)=O. The standard InChI is InChI=1S/C27H29NO11S/c1-15(29)33-14-22-23(34-16(2)30)24(35-17(3)31)25(36-18(4)32)26(39-22)28-27(40)38-21-12-8-11-20(13-21)37-19-9-6-5-7-10-19/h5-13,22-26H,14H2,1-4H3,(H,28,40)/t22-,23-,24+,25+,26-/m1/s1. The molecule has 1 fully saturated rings. The third kappa shape index (κ3) is 9.20. The van der Waals surface area contributed by atoms with Crippen LogP contribution in [0.1, 0.15) is 27.7 Å². The maximum absolute atomic E-state index is 12.0. The monoisotopic (exact) mass is 575 g/mol. The molecule has 12 nitrogen and oxygen atoms in total. The molecule has 1 saturated heterocycles. The molecule has 0 aliphatic carbocycles. The van der Waals surface area contributed by atoms with Gasteiger partial charge < -0.3 is 38.5 Å². The Hall–Kier alpha value is -4.23. The van der Waals surface area contributed by atoms with Crippen LogP contribution >= 0.6 is 12.2 Å². The Labute approximate surface area is 235 Å². The molecular weight excluding hydrogens is 546 g/mol. The maximum atomic E-state index is 12.0. The number of esters is 4. The van der Waals surface area contributed by atoms with Gasteiger partial charge in [0.2, 0.25) is 0 Å². The summed E-state index contributed by atoms with van der Waals surface area (Å²) < 4.78 is 38.7. The molecule has 0 bridgehead atoms. The Morgan fingerprint density at radius 1 is 0.750 bits per heavy atom. The summed E-state index contributed by atoms with van der Waals surface area (Å²) in [6, 6.07) is 15.8. The zero-order chi connectivity index (χ0) is 29.2. The van der Waals surface area contributed by atoms with Crippen molar-refractivity contribution in [2.24, 2.45) is 0 Å². The minimum atomic E-state index is -1.34. The molecular formula is C27H29NO11S. The second-order valence-electron chi connectivity index (χ2n) is 8.54. The molecule has 0 aromatic heterocycles. The van der Waals surface area contributed by atoms with E-state index in [9.17, 15) is 19.2 Å². The Bertz CT molecular complexity index is 1220. The number of ether oxygens (including phenoxy) is 7. The van der Waals surface area contributed by atoms with Gasteiger partial charge in [0.25, 0.3) is 5.17 Å². The largest absolute Gasteiger partial charge is 0.463 e. The first-order valence-electron chi connectivity index (χ1n) is 12.1. The summed E-state index contributed by atoms with van der Waals surface area (Å²) in [5.74, 6) is -1.43. The van der Waals surface area contributed by atoms with Crippen molar-refractivity contribution in [2.75, 3.05) is 6.61 Å². The van der Waals surface area contributed by atoms with Gasteiger partial charge in [-0.15, -0.1) is 0 Å². The second-order valence-corrected chi connectivity index (χ2v) is 8.91. The van der Waals surface area contributed by atoms with Crippen molar-refractivity contribution in [2.45, 2.75) is 58.3 Å². The normalized spacial score (nSPS) is 21.8. The number of para-hydroxylation sites is 1. The summed E-state index contributed by atoms with van der Waals surface area (Å²) in [7, 11) is 0. The van der Waals surface area contributed by atoms with E-state index in [2.05, 4.69) is 5.32 Å². The van der Waals surface area contributed by atoms with Crippen LogP contribution in [0.15, 0.2) is 54.6 Å². The zero-order valence-electron chi connectivity index (χ0n) is 22.2. The molecule has 0 radical (unpaired) electrons. The lowest BCUT2D eigenvalue weighted by Gasteiger charge is -2.44. The van der Waals surface area contributed by atoms with E-state index in [1.54, 1.807) is 36.4 Å². The smallest absolute Gasteiger partial charge is 0.303 e. The van der Waals surface area contributed by atoms with E-state index in [-0.39, 0.29) is 11.8 Å². The molecule has 0 saturated carbocycles. The first kappa shape index (κ1) is 30.3. The van der Waals surface area contributed by atoms with Crippen LogP contribution in [0.4, 0.5) is 0 Å². The lowest BCUT2D eigenvalue weighted by molar-refractivity contribution is -0.255. The van der Waals surface area contributed by atoms with Crippen LogP contribution in [-0.4, -0.2) is 66.3 Å². The number of thiocarbonyl (C=S) groups is 1. The first-order valence-corrected chi connectivity index (χ1v) is 12.5. The molecule has 1 N–H and O–H groups in total. The van der Waals surface area contributed by atoms with Gasteiger partial charge in [0.05, 0.1) is 0 Å². The summed E-state index contributed by atoms with van der Waals surface area (Å²) in [5.41, 5.74) is 0. The zero-order valence-corrected chi connectivity index (χ0v) is 23.0. The molecule has 2 aromatic rings. The van der Waals surface area contributed by atoms with E-state index in [4.69, 9.17) is 45.4 Å². The van der Waals surface area contributed by atoms with Crippen molar-refractivity contribution in [3.63, 3.8) is 0 Å². The van der Waals surface area contributed by atoms with Crippen molar-refractivity contribution in [3.05, 3.63) is 54.6 Å². The summed E-state index contributed by atoms with van der Waals surface area (Å²) in [6.07, 6.45) is -6.37. The Morgan fingerprint density at radius 3 is 1.95 bits per heavy atom. The molecule has 0 unspecified atom stereocenters. The van der Waals surface area contributed by atoms with E-state index >= 15 is 0 Å². The van der Waals surface area contributed by atoms with Gasteiger partial charge in [-0.2, -0.15) is 0 Å². The van der Waals surface area contributed by atoms with Crippen molar-refractivity contribution >= 4 is 41.3 Å². The highest BCUT2D eigenvalue weighted by atomic mass is 32.1. The second kappa shape index (κ2) is 14.2. The molecule has 214 valence electrons. The number of rotatable bonds is 9. The predicted octanol–water partition coefficient (Wildman–Crippen LogP) is 2.82. The van der Waals surface area contributed by atoms with Crippen LogP contribution in [0, 0.1) is 0 Å². The molecule has 3 rings (SSSR count). The van der Waals surface area contributed by atoms with E-state index in [1.165, 1.54) is 6.92 Å². The van der Waals surface area contributed by atoms with Gasteiger partial charge in [-0.3, -0.25) is 19.2 Å². The van der Waals surface area contributed by atoms with Crippen molar-refractivity contribution in [1.82, 2.24) is 5.32 Å². The average Bonchev–Trinajstić information content (AvgIpc) is 2.86. The van der Waals surface area contributed by atoms with E-state index < -0.39 is 54.5 Å². The molecule has 0 amide bonds. The Balaban J connectivity index is 1.83. The summed E-state index contributed by atoms with van der Waals surface area (Å²) in [4.78, 5) is 47.3. The fraction of sp³-hybridized carbons (Fsp3) is 0.370. The summed E-state index contributed by atoms with van der Waals surface area (Å²) >= 11 is 5.35. The van der Waals surface area contributed by atoms with Crippen LogP contribution in [0.5, 0.6) is 17.2 Å². The quantitative estimate of drug-likeness (QED) is 0.266. The van der Waals surface area contributed by atoms with Gasteiger partial charge in [0.1, 0.15) is 30.0 Å². The van der Waals surface area contributed by atoms with Crippen LogP contribution in [0.2, 0.25) is 0 Å². The van der Waals surface area contributed by atoms with Gasteiger partial charge in [-0.25, -0.2) is 0 Å². The lowest BCUT2D eigenvalue weighted by Crippen LogP contribution is -2.66. The summed E-state index contributed by atoms with van der Waals surface area (Å²) in [5, 5.41) is 2.59. The number of nitrogens with one attached hydrogen (secondary N) is 1. The first-order chi connectivity index (χ1) is 19.0. The fourth-order valence-electron chi connectivity index (χ4n) is 3.82. The minimum absolute atomic E-state index is 0.197. The van der Waals surface area contributed by atoms with Crippen molar-refractivity contribution in [3.8, 4) is 17.2 Å². The highest BCUT2D eigenvalue weighted by Crippen LogP contribution is 2.29. The molecule has 13 heteroatoms. The molecule has 5 atom stereocenters. The van der Waals surface area contributed by atoms with Gasteiger partial charge in [-0.1, -0.05) is 24.3 Å². The maximum Gasteiger partial charge on any atom is 0.303 e. The van der Waals surface area contributed by atoms with Gasteiger partial charge in [-0.05, 0) is 36.5 Å². The molecule has 40 heavy (non-hydrogen) atoms. The molecule has 1 aliphatic rings. The molecule has 0 spiro atoms.